The Morgan fingerprint density at radius 3 is 2.40 bits per heavy atom. The molecule has 2 amide bonds. The zero-order valence-electron chi connectivity index (χ0n) is 22.6. The molecular formula is C25H34F7N7O3. The number of hydrazine groups is 1. The smallest absolute Gasteiger partial charge is 0.389 e. The third-order valence-electron chi connectivity index (χ3n) is 6.00. The predicted octanol–water partition coefficient (Wildman–Crippen LogP) is 3.94. The van der Waals surface area contributed by atoms with Gasteiger partial charge in [0.05, 0.1) is 37.2 Å². The first-order valence-corrected chi connectivity index (χ1v) is 13.0. The minimum absolute atomic E-state index is 0.0317. The molecule has 236 valence electrons. The highest BCUT2D eigenvalue weighted by Crippen LogP contribution is 2.32. The zero-order valence-corrected chi connectivity index (χ0v) is 22.6. The number of alkyl halides is 7. The van der Waals surface area contributed by atoms with Crippen molar-refractivity contribution in [3.63, 3.8) is 0 Å². The van der Waals surface area contributed by atoms with Crippen molar-refractivity contribution in [3.05, 3.63) is 41.5 Å². The van der Waals surface area contributed by atoms with Crippen LogP contribution in [-0.4, -0.2) is 58.7 Å². The van der Waals surface area contributed by atoms with E-state index in [4.69, 9.17) is 11.6 Å². The average molecular weight is 614 g/mol. The average Bonchev–Trinajstić information content (AvgIpc) is 3.32. The fourth-order valence-corrected chi connectivity index (χ4v) is 3.83. The van der Waals surface area contributed by atoms with E-state index in [0.717, 1.165) is 17.6 Å². The summed E-state index contributed by atoms with van der Waals surface area (Å²) in [6.45, 7) is -3.61. The van der Waals surface area contributed by atoms with Gasteiger partial charge in [-0.2, -0.15) is 22.0 Å². The first-order valence-electron chi connectivity index (χ1n) is 13.0. The molecule has 0 atom stereocenters. The van der Waals surface area contributed by atoms with E-state index in [1.165, 1.54) is 0 Å². The molecule has 7 N–H and O–H groups in total. The Bertz CT molecular complexity index is 1180. The van der Waals surface area contributed by atoms with Crippen LogP contribution >= 0.6 is 0 Å². The molecule has 1 aliphatic rings. The zero-order chi connectivity index (χ0) is 31.3. The van der Waals surface area contributed by atoms with E-state index < -0.39 is 50.0 Å². The molecule has 1 aromatic heterocycles. The van der Waals surface area contributed by atoms with Gasteiger partial charge in [-0.05, 0) is 30.5 Å². The van der Waals surface area contributed by atoms with Gasteiger partial charge in [-0.1, -0.05) is 12.5 Å². The van der Waals surface area contributed by atoms with Gasteiger partial charge < -0.3 is 31.1 Å². The molecule has 2 aromatic rings. The van der Waals surface area contributed by atoms with Gasteiger partial charge in [0, 0.05) is 32.0 Å². The van der Waals surface area contributed by atoms with E-state index in [9.17, 15) is 40.3 Å². The normalized spacial score (nSPS) is 15.2. The maximum Gasteiger partial charge on any atom is 0.389 e. The van der Waals surface area contributed by atoms with Crippen LogP contribution in [0.5, 0.6) is 0 Å². The van der Waals surface area contributed by atoms with Crippen LogP contribution in [0.2, 0.25) is 0 Å². The highest BCUT2D eigenvalue weighted by atomic mass is 19.4. The number of nitrogens with one attached hydrogen (secondary N) is 3. The summed E-state index contributed by atoms with van der Waals surface area (Å²) >= 11 is 0. The van der Waals surface area contributed by atoms with E-state index >= 15 is 0 Å². The van der Waals surface area contributed by atoms with Crippen LogP contribution in [0.25, 0.3) is 11.0 Å². The molecule has 3 rings (SSSR count). The van der Waals surface area contributed by atoms with Gasteiger partial charge in [0.1, 0.15) is 11.5 Å². The molecule has 0 unspecified atom stereocenters. The SMILES string of the molecule is FC1(F)CCCCC1.N/C=C(/C(=O)NCc1nc2ccc(CNC(=O)CCC(F)(F)F)cc2[nH]1)N(N)CCOC(F)F. The molecular weight excluding hydrogens is 579 g/mol. The lowest BCUT2D eigenvalue weighted by atomic mass is 9.97. The highest BCUT2D eigenvalue weighted by Gasteiger charge is 2.30. The Labute approximate surface area is 237 Å². The molecule has 1 fully saturated rings. The number of ether oxygens (including phenoxy) is 1. The first kappa shape index (κ1) is 34.6. The number of aromatic nitrogens is 2. The fraction of sp³-hybridized carbons (Fsp3) is 0.560. The van der Waals surface area contributed by atoms with Crippen molar-refractivity contribution >= 4 is 22.8 Å². The molecule has 42 heavy (non-hydrogen) atoms. The summed E-state index contributed by atoms with van der Waals surface area (Å²) in [7, 11) is 0. The number of hydrogen-bond donors (Lipinski definition) is 5. The summed E-state index contributed by atoms with van der Waals surface area (Å²) in [5.74, 6) is 2.30. The monoisotopic (exact) mass is 613 g/mol. The summed E-state index contributed by atoms with van der Waals surface area (Å²) < 4.78 is 89.1. The van der Waals surface area contributed by atoms with Crippen LogP contribution in [0.15, 0.2) is 30.1 Å². The van der Waals surface area contributed by atoms with Gasteiger partial charge in [0.15, 0.2) is 0 Å². The molecule has 1 saturated carbocycles. The lowest BCUT2D eigenvalue weighted by Crippen LogP contribution is -2.41. The number of benzene rings is 1. The molecule has 1 aromatic carbocycles. The minimum Gasteiger partial charge on any atom is -0.403 e. The van der Waals surface area contributed by atoms with Crippen molar-refractivity contribution in [1.29, 1.82) is 0 Å². The summed E-state index contributed by atoms with van der Waals surface area (Å²) in [4.78, 5) is 31.1. The lowest BCUT2D eigenvalue weighted by Gasteiger charge is -2.20. The Hall–Kier alpha value is -3.60. The van der Waals surface area contributed by atoms with Crippen molar-refractivity contribution in [2.75, 3.05) is 13.2 Å². The van der Waals surface area contributed by atoms with Crippen LogP contribution in [0, 0.1) is 0 Å². The second kappa shape index (κ2) is 16.1. The summed E-state index contributed by atoms with van der Waals surface area (Å²) in [6, 6.07) is 4.95. The number of aromatic amines is 1. The molecule has 0 saturated heterocycles. The van der Waals surface area contributed by atoms with E-state index in [-0.39, 0.29) is 38.2 Å². The van der Waals surface area contributed by atoms with Crippen LogP contribution in [0.1, 0.15) is 56.3 Å². The van der Waals surface area contributed by atoms with E-state index in [1.807, 2.05) is 0 Å². The number of carbonyl (C=O) groups excluding carboxylic acids is 2. The van der Waals surface area contributed by atoms with E-state index in [0.29, 0.717) is 35.3 Å². The number of nitrogens with two attached hydrogens (primary N) is 2. The van der Waals surface area contributed by atoms with Gasteiger partial charge in [-0.3, -0.25) is 9.59 Å². The number of fused-ring (bicyclic) bond motifs is 1. The molecule has 0 aliphatic heterocycles. The van der Waals surface area contributed by atoms with Crippen LogP contribution in [-0.2, 0) is 27.4 Å². The number of carbonyl (C=O) groups is 2. The number of hydrogen-bond acceptors (Lipinski definition) is 7. The van der Waals surface area contributed by atoms with Gasteiger partial charge in [0.2, 0.25) is 11.8 Å². The van der Waals surface area contributed by atoms with Crippen LogP contribution in [0.3, 0.4) is 0 Å². The topological polar surface area (TPSA) is 151 Å². The fourth-order valence-electron chi connectivity index (χ4n) is 3.83. The van der Waals surface area contributed by atoms with E-state index in [2.05, 4.69) is 25.3 Å². The molecule has 1 heterocycles. The second-order valence-corrected chi connectivity index (χ2v) is 9.40. The van der Waals surface area contributed by atoms with Crippen molar-refractivity contribution in [2.45, 2.75) is 76.7 Å². The van der Waals surface area contributed by atoms with Crippen molar-refractivity contribution < 1.29 is 45.1 Å². The maximum absolute atomic E-state index is 12.3. The Kier molecular flexibility index (Phi) is 13.3. The van der Waals surface area contributed by atoms with Gasteiger partial charge in [-0.25, -0.2) is 19.6 Å². The quantitative estimate of drug-likeness (QED) is 0.105. The van der Waals surface area contributed by atoms with Crippen molar-refractivity contribution in [3.8, 4) is 0 Å². The lowest BCUT2D eigenvalue weighted by molar-refractivity contribution is -0.144. The summed E-state index contributed by atoms with van der Waals surface area (Å²) in [5.41, 5.74) is 6.99. The molecule has 0 radical (unpaired) electrons. The Morgan fingerprint density at radius 1 is 1.14 bits per heavy atom. The van der Waals surface area contributed by atoms with Gasteiger partial charge in [-0.15, -0.1) is 0 Å². The Morgan fingerprint density at radius 2 is 1.83 bits per heavy atom. The number of H-pyrrole nitrogens is 1. The first-order chi connectivity index (χ1) is 19.7. The molecule has 1 aliphatic carbocycles. The minimum atomic E-state index is -4.40. The summed E-state index contributed by atoms with van der Waals surface area (Å²) in [5, 5.41) is 5.82. The number of amides is 2. The Balaban J connectivity index is 0.000000661. The van der Waals surface area contributed by atoms with Gasteiger partial charge in [0.25, 0.3) is 5.91 Å². The number of rotatable bonds is 12. The third kappa shape index (κ3) is 12.9. The van der Waals surface area contributed by atoms with Crippen molar-refractivity contribution in [2.24, 2.45) is 11.6 Å². The molecule has 17 heteroatoms. The van der Waals surface area contributed by atoms with Crippen molar-refractivity contribution in [1.82, 2.24) is 25.6 Å². The molecule has 0 spiro atoms. The second-order valence-electron chi connectivity index (χ2n) is 9.40. The number of imidazole rings is 1. The maximum atomic E-state index is 12.3. The van der Waals surface area contributed by atoms with Gasteiger partial charge >= 0.3 is 12.8 Å². The van der Waals surface area contributed by atoms with Crippen LogP contribution in [0.4, 0.5) is 30.7 Å². The van der Waals surface area contributed by atoms with E-state index in [1.54, 1.807) is 18.2 Å². The predicted molar refractivity (Wildman–Crippen MR) is 138 cm³/mol. The highest BCUT2D eigenvalue weighted by molar-refractivity contribution is 5.92. The summed E-state index contributed by atoms with van der Waals surface area (Å²) in [6.07, 6.45) is -2.66. The number of halogens is 7. The molecule has 10 nitrogen and oxygen atoms in total. The standard InChI is InChI=1S/C19H24F5N7O3.C6H10F2/c20-18(21)34-6-5-31(26)14(8-25)17(33)28-10-15-29-12-2-1-11(7-13(12)30-15)9-27-16(32)3-4-19(22,23)24;7-6(8)4-2-1-3-5-6/h1-2,7-8,18H,3-6,9-10,25-26H2,(H,27,32)(H,28,33)(H,29,30);1-5H2/b14-8-;. The third-order valence-corrected chi connectivity index (χ3v) is 6.00. The molecule has 0 bridgehead atoms. The number of nitrogens with zero attached hydrogens (tertiary/aromatic N) is 2. The largest absolute Gasteiger partial charge is 0.403 e. The van der Waals surface area contributed by atoms with Crippen LogP contribution < -0.4 is 22.2 Å².